The molecule has 0 amide bonds. The number of aryl methyl sites for hydroxylation is 3. The molecule has 0 aromatic carbocycles. The molecule has 2 aromatic rings. The monoisotopic (exact) mass is 178 g/mol. The summed E-state index contributed by atoms with van der Waals surface area (Å²) in [7, 11) is 1.87. The molecule has 0 spiro atoms. The van der Waals surface area contributed by atoms with Gasteiger partial charge < -0.3 is 8.98 Å². The Morgan fingerprint density at radius 2 is 2.15 bits per heavy atom. The molecule has 2 heterocycles. The van der Waals surface area contributed by atoms with Crippen molar-refractivity contribution in [3.05, 3.63) is 17.9 Å². The van der Waals surface area contributed by atoms with Crippen LogP contribution in [0.4, 0.5) is 0 Å². The lowest BCUT2D eigenvalue weighted by Crippen LogP contribution is -1.91. The molecule has 0 saturated heterocycles. The molecular weight excluding hydrogens is 168 g/mol. The van der Waals surface area contributed by atoms with Crippen molar-refractivity contribution >= 4 is 0 Å². The van der Waals surface area contributed by atoms with Gasteiger partial charge in [0.1, 0.15) is 6.33 Å². The average molecular weight is 178 g/mol. The van der Waals surface area contributed by atoms with Crippen LogP contribution in [0.25, 0.3) is 11.6 Å². The fourth-order valence-corrected chi connectivity index (χ4v) is 1.23. The Kier molecular flexibility index (Phi) is 1.65. The van der Waals surface area contributed by atoms with Crippen molar-refractivity contribution in [1.82, 2.24) is 19.7 Å². The van der Waals surface area contributed by atoms with Crippen LogP contribution in [0.3, 0.4) is 0 Å². The maximum atomic E-state index is 5.41. The standard InChI is InChI=1S/C8H10N4O/c1-5-7(13-6(2)10-5)8-11-9-4-12(8)3/h4H,1-3H3. The lowest BCUT2D eigenvalue weighted by molar-refractivity contribution is 0.528. The summed E-state index contributed by atoms with van der Waals surface area (Å²) < 4.78 is 7.20. The van der Waals surface area contributed by atoms with E-state index < -0.39 is 0 Å². The van der Waals surface area contributed by atoms with Crippen LogP contribution in [-0.2, 0) is 7.05 Å². The van der Waals surface area contributed by atoms with Gasteiger partial charge in [-0.15, -0.1) is 10.2 Å². The third kappa shape index (κ3) is 1.22. The van der Waals surface area contributed by atoms with Crippen molar-refractivity contribution in [2.24, 2.45) is 7.05 Å². The van der Waals surface area contributed by atoms with Gasteiger partial charge in [-0.2, -0.15) is 0 Å². The van der Waals surface area contributed by atoms with Gasteiger partial charge in [0, 0.05) is 14.0 Å². The quantitative estimate of drug-likeness (QED) is 0.655. The highest BCUT2D eigenvalue weighted by Crippen LogP contribution is 2.20. The van der Waals surface area contributed by atoms with Crippen molar-refractivity contribution in [3.63, 3.8) is 0 Å². The predicted molar refractivity (Wildman–Crippen MR) is 46.0 cm³/mol. The molecule has 0 bridgehead atoms. The summed E-state index contributed by atoms with van der Waals surface area (Å²) in [5, 5.41) is 7.71. The third-order valence-electron chi connectivity index (χ3n) is 1.82. The molecule has 5 heteroatoms. The molecule has 0 N–H and O–H groups in total. The number of nitrogens with zero attached hydrogens (tertiary/aromatic N) is 4. The van der Waals surface area contributed by atoms with Gasteiger partial charge >= 0.3 is 0 Å². The zero-order valence-electron chi connectivity index (χ0n) is 7.77. The first kappa shape index (κ1) is 7.97. The predicted octanol–water partition coefficient (Wildman–Crippen LogP) is 1.09. The van der Waals surface area contributed by atoms with Crippen LogP contribution in [0.15, 0.2) is 10.7 Å². The van der Waals surface area contributed by atoms with Crippen LogP contribution >= 0.6 is 0 Å². The second-order valence-electron chi connectivity index (χ2n) is 2.91. The number of aromatic nitrogens is 4. The molecule has 0 aliphatic heterocycles. The minimum absolute atomic E-state index is 0.649. The first-order valence-corrected chi connectivity index (χ1v) is 3.97. The first-order valence-electron chi connectivity index (χ1n) is 3.97. The van der Waals surface area contributed by atoms with Crippen molar-refractivity contribution in [2.45, 2.75) is 13.8 Å². The van der Waals surface area contributed by atoms with Crippen LogP contribution in [0.2, 0.25) is 0 Å². The molecule has 0 saturated carbocycles. The number of hydrogen-bond donors (Lipinski definition) is 0. The number of hydrogen-bond acceptors (Lipinski definition) is 4. The minimum atomic E-state index is 0.649. The smallest absolute Gasteiger partial charge is 0.201 e. The Bertz CT molecular complexity index is 429. The maximum Gasteiger partial charge on any atom is 0.201 e. The lowest BCUT2D eigenvalue weighted by Gasteiger charge is -1.94. The molecule has 0 aliphatic carbocycles. The van der Waals surface area contributed by atoms with Gasteiger partial charge in [0.05, 0.1) is 5.69 Å². The number of rotatable bonds is 1. The van der Waals surface area contributed by atoms with E-state index in [1.807, 2.05) is 20.9 Å². The topological polar surface area (TPSA) is 56.7 Å². The molecule has 0 atom stereocenters. The normalized spacial score (nSPS) is 10.7. The third-order valence-corrected chi connectivity index (χ3v) is 1.82. The van der Waals surface area contributed by atoms with E-state index in [2.05, 4.69) is 15.2 Å². The van der Waals surface area contributed by atoms with Crippen molar-refractivity contribution in [1.29, 1.82) is 0 Å². The molecule has 0 unspecified atom stereocenters. The Hall–Kier alpha value is -1.65. The summed E-state index contributed by atoms with van der Waals surface area (Å²) in [4.78, 5) is 4.16. The van der Waals surface area contributed by atoms with Crippen LogP contribution < -0.4 is 0 Å². The molecule has 0 aliphatic rings. The molecule has 0 fully saturated rings. The van der Waals surface area contributed by atoms with E-state index in [0.29, 0.717) is 17.5 Å². The highest BCUT2D eigenvalue weighted by Gasteiger charge is 2.13. The Morgan fingerprint density at radius 1 is 1.38 bits per heavy atom. The summed E-state index contributed by atoms with van der Waals surface area (Å²) in [6.07, 6.45) is 1.63. The van der Waals surface area contributed by atoms with Gasteiger partial charge in [0.25, 0.3) is 0 Å². The summed E-state index contributed by atoms with van der Waals surface area (Å²) in [5.41, 5.74) is 0.841. The zero-order valence-corrected chi connectivity index (χ0v) is 7.77. The van der Waals surface area contributed by atoms with E-state index in [0.717, 1.165) is 5.69 Å². The Morgan fingerprint density at radius 3 is 2.62 bits per heavy atom. The summed E-state index contributed by atoms with van der Waals surface area (Å²) in [6.45, 7) is 3.70. The molecule has 0 radical (unpaired) electrons. The van der Waals surface area contributed by atoms with E-state index in [9.17, 15) is 0 Å². The summed E-state index contributed by atoms with van der Waals surface area (Å²) in [6, 6.07) is 0. The highest BCUT2D eigenvalue weighted by atomic mass is 16.4. The fourth-order valence-electron chi connectivity index (χ4n) is 1.23. The van der Waals surface area contributed by atoms with E-state index in [1.165, 1.54) is 0 Å². The van der Waals surface area contributed by atoms with Gasteiger partial charge in [0.15, 0.2) is 11.7 Å². The van der Waals surface area contributed by atoms with Crippen LogP contribution in [0.1, 0.15) is 11.6 Å². The summed E-state index contributed by atoms with van der Waals surface area (Å²) >= 11 is 0. The average Bonchev–Trinajstić information content (AvgIpc) is 2.58. The molecule has 2 rings (SSSR count). The fraction of sp³-hybridized carbons (Fsp3) is 0.375. The molecule has 68 valence electrons. The van der Waals surface area contributed by atoms with Crippen LogP contribution in [0.5, 0.6) is 0 Å². The van der Waals surface area contributed by atoms with E-state index in [4.69, 9.17) is 4.42 Å². The largest absolute Gasteiger partial charge is 0.437 e. The second-order valence-corrected chi connectivity index (χ2v) is 2.91. The minimum Gasteiger partial charge on any atom is -0.437 e. The van der Waals surface area contributed by atoms with Crippen LogP contribution in [0, 0.1) is 13.8 Å². The van der Waals surface area contributed by atoms with Crippen molar-refractivity contribution in [3.8, 4) is 11.6 Å². The SMILES string of the molecule is Cc1nc(C)c(-c2nncn2C)o1. The van der Waals surface area contributed by atoms with Crippen LogP contribution in [-0.4, -0.2) is 19.7 Å². The Labute approximate surface area is 75.4 Å². The van der Waals surface area contributed by atoms with Gasteiger partial charge in [-0.1, -0.05) is 0 Å². The van der Waals surface area contributed by atoms with E-state index in [-0.39, 0.29) is 0 Å². The van der Waals surface area contributed by atoms with E-state index in [1.54, 1.807) is 10.9 Å². The van der Waals surface area contributed by atoms with Gasteiger partial charge in [-0.3, -0.25) is 0 Å². The second kappa shape index (κ2) is 2.69. The zero-order chi connectivity index (χ0) is 9.42. The molecule has 2 aromatic heterocycles. The lowest BCUT2D eigenvalue weighted by atomic mass is 10.3. The van der Waals surface area contributed by atoms with Gasteiger partial charge in [-0.25, -0.2) is 4.98 Å². The van der Waals surface area contributed by atoms with Gasteiger partial charge in [0.2, 0.25) is 5.82 Å². The highest BCUT2D eigenvalue weighted by molar-refractivity contribution is 5.49. The van der Waals surface area contributed by atoms with Crippen molar-refractivity contribution in [2.75, 3.05) is 0 Å². The maximum absolute atomic E-state index is 5.41. The molecular formula is C8H10N4O. The van der Waals surface area contributed by atoms with Gasteiger partial charge in [-0.05, 0) is 6.92 Å². The van der Waals surface area contributed by atoms with Crippen molar-refractivity contribution < 1.29 is 4.42 Å². The molecule has 13 heavy (non-hydrogen) atoms. The molecule has 5 nitrogen and oxygen atoms in total. The summed E-state index contributed by atoms with van der Waals surface area (Å²) in [5.74, 6) is 2.05. The number of oxazole rings is 1. The first-order chi connectivity index (χ1) is 6.18. The van der Waals surface area contributed by atoms with E-state index >= 15 is 0 Å². The Balaban J connectivity index is 2.58.